The van der Waals surface area contributed by atoms with Crippen LogP contribution >= 0.6 is 24.0 Å². The minimum atomic E-state index is -0.213. The number of hydrogen-bond acceptors (Lipinski definition) is 4. The van der Waals surface area contributed by atoms with Crippen LogP contribution in [-0.2, 0) is 9.47 Å². The van der Waals surface area contributed by atoms with Crippen molar-refractivity contribution < 1.29 is 14.3 Å². The first kappa shape index (κ1) is 21.2. The van der Waals surface area contributed by atoms with Gasteiger partial charge in [-0.05, 0) is 26.7 Å². The molecule has 0 radical (unpaired) electrons. The first-order valence-corrected chi connectivity index (χ1v) is 7.67. The molecule has 2 N–H and O–H groups in total. The van der Waals surface area contributed by atoms with Gasteiger partial charge in [-0.3, -0.25) is 4.99 Å². The summed E-state index contributed by atoms with van der Waals surface area (Å²) in [6.07, 6.45) is 1.57. The maximum Gasteiger partial charge on any atom is 0.409 e. The van der Waals surface area contributed by atoms with Crippen molar-refractivity contribution in [3.63, 3.8) is 0 Å². The zero-order valence-electron chi connectivity index (χ0n) is 13.8. The fourth-order valence-corrected chi connectivity index (χ4v) is 2.20. The fraction of sp³-hybridized carbons (Fsp3) is 0.857. The highest BCUT2D eigenvalue weighted by atomic mass is 127. The molecule has 8 heteroatoms. The number of hydrogen-bond donors (Lipinski definition) is 2. The number of nitrogens with one attached hydrogen (secondary N) is 2. The summed E-state index contributed by atoms with van der Waals surface area (Å²) in [6.45, 7) is 7.77. The van der Waals surface area contributed by atoms with E-state index in [0.29, 0.717) is 32.3 Å². The molecule has 0 bridgehead atoms. The van der Waals surface area contributed by atoms with Crippen LogP contribution in [0.2, 0.25) is 0 Å². The first-order chi connectivity index (χ1) is 10.2. The molecule has 0 spiro atoms. The van der Waals surface area contributed by atoms with E-state index >= 15 is 0 Å². The van der Waals surface area contributed by atoms with Crippen molar-refractivity contribution in [2.75, 3.05) is 46.5 Å². The third kappa shape index (κ3) is 8.02. The molecule has 1 aliphatic rings. The van der Waals surface area contributed by atoms with Gasteiger partial charge in [0.25, 0.3) is 0 Å². The highest BCUT2D eigenvalue weighted by molar-refractivity contribution is 14.0. The Bertz CT molecular complexity index is 334. The van der Waals surface area contributed by atoms with Crippen molar-refractivity contribution >= 4 is 36.0 Å². The molecule has 1 aliphatic heterocycles. The van der Waals surface area contributed by atoms with Gasteiger partial charge in [-0.15, -0.1) is 24.0 Å². The van der Waals surface area contributed by atoms with Crippen molar-refractivity contribution in [2.24, 2.45) is 4.99 Å². The van der Waals surface area contributed by atoms with Gasteiger partial charge in [0.1, 0.15) is 0 Å². The SMILES string of the molecule is CCOCCNC(=NC)NC1CCN(C(=O)OCC)CC1.I. The number of likely N-dealkylation sites (tertiary alicyclic amines) is 1. The number of piperidine rings is 1. The minimum Gasteiger partial charge on any atom is -0.450 e. The van der Waals surface area contributed by atoms with Crippen LogP contribution in [0.1, 0.15) is 26.7 Å². The lowest BCUT2D eigenvalue weighted by molar-refractivity contribution is 0.0962. The second-order valence-corrected chi connectivity index (χ2v) is 4.80. The summed E-state index contributed by atoms with van der Waals surface area (Å²) in [4.78, 5) is 17.6. The van der Waals surface area contributed by atoms with Gasteiger partial charge in [-0.1, -0.05) is 0 Å². The maximum absolute atomic E-state index is 11.6. The number of nitrogens with zero attached hydrogens (tertiary/aromatic N) is 2. The maximum atomic E-state index is 11.6. The Hall–Kier alpha value is -0.770. The van der Waals surface area contributed by atoms with Crippen LogP contribution in [0.3, 0.4) is 0 Å². The Kier molecular flexibility index (Phi) is 12.3. The number of guanidine groups is 1. The predicted octanol–water partition coefficient (Wildman–Crippen LogP) is 1.43. The van der Waals surface area contributed by atoms with Crippen molar-refractivity contribution in [2.45, 2.75) is 32.7 Å². The Morgan fingerprint density at radius 1 is 1.27 bits per heavy atom. The minimum absolute atomic E-state index is 0. The second kappa shape index (κ2) is 12.7. The topological polar surface area (TPSA) is 75.2 Å². The van der Waals surface area contributed by atoms with E-state index in [2.05, 4.69) is 15.6 Å². The molecule has 0 saturated carbocycles. The van der Waals surface area contributed by atoms with Gasteiger partial charge in [0.15, 0.2) is 5.96 Å². The second-order valence-electron chi connectivity index (χ2n) is 4.80. The lowest BCUT2D eigenvalue weighted by atomic mass is 10.1. The number of ether oxygens (including phenoxy) is 2. The smallest absolute Gasteiger partial charge is 0.409 e. The molecule has 22 heavy (non-hydrogen) atoms. The zero-order valence-corrected chi connectivity index (χ0v) is 16.1. The van der Waals surface area contributed by atoms with Gasteiger partial charge in [0, 0.05) is 39.3 Å². The number of carbonyl (C=O) groups excluding carboxylic acids is 1. The summed E-state index contributed by atoms with van der Waals surface area (Å²) in [5, 5.41) is 6.59. The summed E-state index contributed by atoms with van der Waals surface area (Å²) < 4.78 is 10.3. The van der Waals surface area contributed by atoms with Crippen molar-refractivity contribution in [1.82, 2.24) is 15.5 Å². The lowest BCUT2D eigenvalue weighted by Gasteiger charge is -2.32. The summed E-state index contributed by atoms with van der Waals surface area (Å²) in [5.74, 6) is 0.782. The largest absolute Gasteiger partial charge is 0.450 e. The molecule has 7 nitrogen and oxygen atoms in total. The van der Waals surface area contributed by atoms with E-state index in [1.54, 1.807) is 11.9 Å². The average molecular weight is 428 g/mol. The number of aliphatic imine (C=N–C) groups is 1. The van der Waals surface area contributed by atoms with Crippen LogP contribution in [0.5, 0.6) is 0 Å². The molecule has 1 heterocycles. The summed E-state index contributed by atoms with van der Waals surface area (Å²) >= 11 is 0. The van der Waals surface area contributed by atoms with Crippen molar-refractivity contribution in [1.29, 1.82) is 0 Å². The van der Waals surface area contributed by atoms with Gasteiger partial charge in [-0.25, -0.2) is 4.79 Å². The van der Waals surface area contributed by atoms with Gasteiger partial charge < -0.3 is 25.0 Å². The Balaban J connectivity index is 0.00000441. The highest BCUT2D eigenvalue weighted by Crippen LogP contribution is 2.11. The average Bonchev–Trinajstić information content (AvgIpc) is 2.51. The van der Waals surface area contributed by atoms with Gasteiger partial charge in [0.05, 0.1) is 13.2 Å². The molecule has 0 aromatic heterocycles. The summed E-state index contributed by atoms with van der Waals surface area (Å²) in [7, 11) is 1.75. The van der Waals surface area contributed by atoms with Crippen LogP contribution < -0.4 is 10.6 Å². The van der Waals surface area contributed by atoms with Crippen LogP contribution in [0, 0.1) is 0 Å². The number of rotatable bonds is 6. The molecule has 0 unspecified atom stereocenters. The Labute approximate surface area is 150 Å². The van der Waals surface area contributed by atoms with E-state index in [1.165, 1.54) is 0 Å². The van der Waals surface area contributed by atoms with Crippen LogP contribution in [-0.4, -0.2) is 69.5 Å². The normalized spacial score (nSPS) is 16.0. The lowest BCUT2D eigenvalue weighted by Crippen LogP contribution is -2.50. The van der Waals surface area contributed by atoms with Gasteiger partial charge in [-0.2, -0.15) is 0 Å². The molecular formula is C14H29IN4O3. The molecule has 1 saturated heterocycles. The van der Waals surface area contributed by atoms with Gasteiger partial charge in [0.2, 0.25) is 0 Å². The zero-order chi connectivity index (χ0) is 15.5. The third-order valence-corrected chi connectivity index (χ3v) is 3.33. The molecule has 130 valence electrons. The van der Waals surface area contributed by atoms with Crippen LogP contribution in [0.4, 0.5) is 4.79 Å². The van der Waals surface area contributed by atoms with E-state index < -0.39 is 0 Å². The Morgan fingerprint density at radius 3 is 2.50 bits per heavy atom. The Morgan fingerprint density at radius 2 is 1.95 bits per heavy atom. The molecule has 1 fully saturated rings. The van der Waals surface area contributed by atoms with Crippen LogP contribution in [0.25, 0.3) is 0 Å². The van der Waals surface area contributed by atoms with E-state index in [9.17, 15) is 4.79 Å². The number of carbonyl (C=O) groups is 1. The number of halogens is 1. The molecule has 0 aromatic carbocycles. The standard InChI is InChI=1S/C14H28N4O3.HI/c1-4-20-11-8-16-13(15-3)17-12-6-9-18(10-7-12)14(19)21-5-2;/h12H,4-11H2,1-3H3,(H2,15,16,17);1H. The van der Waals surface area contributed by atoms with Crippen molar-refractivity contribution in [3.8, 4) is 0 Å². The summed E-state index contributed by atoms with van der Waals surface area (Å²) in [6, 6.07) is 0.328. The molecule has 0 aliphatic carbocycles. The van der Waals surface area contributed by atoms with E-state index in [-0.39, 0.29) is 30.1 Å². The molecule has 1 amide bonds. The predicted molar refractivity (Wildman–Crippen MR) is 98.0 cm³/mol. The van der Waals surface area contributed by atoms with E-state index in [1.807, 2.05) is 13.8 Å². The highest BCUT2D eigenvalue weighted by Gasteiger charge is 2.23. The fourth-order valence-electron chi connectivity index (χ4n) is 2.20. The van der Waals surface area contributed by atoms with Crippen LogP contribution in [0.15, 0.2) is 4.99 Å². The van der Waals surface area contributed by atoms with Crippen molar-refractivity contribution in [3.05, 3.63) is 0 Å². The molecule has 1 rings (SSSR count). The monoisotopic (exact) mass is 428 g/mol. The van der Waals surface area contributed by atoms with E-state index in [4.69, 9.17) is 9.47 Å². The molecule has 0 atom stereocenters. The quantitative estimate of drug-likeness (QED) is 0.290. The molecular weight excluding hydrogens is 399 g/mol. The van der Waals surface area contributed by atoms with Gasteiger partial charge >= 0.3 is 6.09 Å². The molecule has 0 aromatic rings. The third-order valence-electron chi connectivity index (χ3n) is 3.33. The first-order valence-electron chi connectivity index (χ1n) is 7.67. The number of amides is 1. The summed E-state index contributed by atoms with van der Waals surface area (Å²) in [5.41, 5.74) is 0. The van der Waals surface area contributed by atoms with E-state index in [0.717, 1.165) is 32.0 Å².